The molecule has 5 heteroatoms. The molecule has 18 heavy (non-hydrogen) atoms. The van der Waals surface area contributed by atoms with Crippen molar-refractivity contribution in [2.75, 3.05) is 6.54 Å². The van der Waals surface area contributed by atoms with Gasteiger partial charge in [0.15, 0.2) is 0 Å². The van der Waals surface area contributed by atoms with Crippen molar-refractivity contribution in [3.05, 3.63) is 38.7 Å². The molecule has 0 unspecified atom stereocenters. The average Bonchev–Trinajstić information content (AvgIpc) is 2.82. The van der Waals surface area contributed by atoms with E-state index in [1.54, 1.807) is 6.26 Å². The SMILES string of the molecule is CCCNCc1coc(-c2ccc(I)c(Cl)c2)n1. The van der Waals surface area contributed by atoms with Gasteiger partial charge in [0.2, 0.25) is 5.89 Å². The van der Waals surface area contributed by atoms with Gasteiger partial charge < -0.3 is 9.73 Å². The maximum atomic E-state index is 6.08. The number of rotatable bonds is 5. The fraction of sp³-hybridized carbons (Fsp3) is 0.308. The molecule has 0 fully saturated rings. The second-order valence-corrected chi connectivity index (χ2v) is 5.52. The lowest BCUT2D eigenvalue weighted by molar-refractivity contribution is 0.570. The third-order valence-corrected chi connectivity index (χ3v) is 4.02. The van der Waals surface area contributed by atoms with E-state index in [9.17, 15) is 0 Å². The Morgan fingerprint density at radius 1 is 1.44 bits per heavy atom. The van der Waals surface area contributed by atoms with Gasteiger partial charge in [-0.1, -0.05) is 18.5 Å². The maximum Gasteiger partial charge on any atom is 0.226 e. The van der Waals surface area contributed by atoms with Crippen LogP contribution in [0, 0.1) is 3.57 Å². The summed E-state index contributed by atoms with van der Waals surface area (Å²) in [5.74, 6) is 0.613. The number of oxazole rings is 1. The Labute approximate surface area is 125 Å². The number of hydrogen-bond acceptors (Lipinski definition) is 3. The molecule has 0 saturated heterocycles. The highest BCUT2D eigenvalue weighted by Crippen LogP contribution is 2.26. The van der Waals surface area contributed by atoms with E-state index in [0.29, 0.717) is 5.89 Å². The Morgan fingerprint density at radius 2 is 2.28 bits per heavy atom. The Bertz CT molecular complexity index is 527. The zero-order valence-electron chi connectivity index (χ0n) is 10.0. The molecule has 1 aromatic carbocycles. The van der Waals surface area contributed by atoms with Gasteiger partial charge in [-0.15, -0.1) is 0 Å². The molecule has 0 spiro atoms. The van der Waals surface area contributed by atoms with Gasteiger partial charge in [-0.2, -0.15) is 0 Å². The third kappa shape index (κ3) is 3.46. The summed E-state index contributed by atoms with van der Waals surface area (Å²) in [5.41, 5.74) is 1.82. The largest absolute Gasteiger partial charge is 0.444 e. The van der Waals surface area contributed by atoms with E-state index in [2.05, 4.69) is 39.8 Å². The van der Waals surface area contributed by atoms with Gasteiger partial charge in [0.05, 0.1) is 10.7 Å². The van der Waals surface area contributed by atoms with E-state index in [4.69, 9.17) is 16.0 Å². The minimum atomic E-state index is 0.613. The predicted molar refractivity (Wildman–Crippen MR) is 81.7 cm³/mol. The first-order chi connectivity index (χ1) is 8.70. The topological polar surface area (TPSA) is 38.1 Å². The average molecular weight is 377 g/mol. The van der Waals surface area contributed by atoms with Crippen LogP contribution in [0.1, 0.15) is 19.0 Å². The van der Waals surface area contributed by atoms with Crippen LogP contribution in [0.15, 0.2) is 28.9 Å². The summed E-state index contributed by atoms with van der Waals surface area (Å²) < 4.78 is 6.49. The van der Waals surface area contributed by atoms with Crippen molar-refractivity contribution in [1.82, 2.24) is 10.3 Å². The summed E-state index contributed by atoms with van der Waals surface area (Å²) in [5, 5.41) is 4.01. The molecular weight excluding hydrogens is 363 g/mol. The molecule has 0 amide bonds. The first-order valence-corrected chi connectivity index (χ1v) is 7.27. The molecule has 0 atom stereocenters. The normalized spacial score (nSPS) is 10.8. The summed E-state index contributed by atoms with van der Waals surface area (Å²) in [7, 11) is 0. The van der Waals surface area contributed by atoms with Crippen molar-refractivity contribution in [2.45, 2.75) is 19.9 Å². The second kappa shape index (κ2) is 6.54. The molecule has 0 aliphatic rings. The zero-order valence-corrected chi connectivity index (χ0v) is 13.0. The van der Waals surface area contributed by atoms with Gasteiger partial charge in [0.25, 0.3) is 0 Å². The molecule has 3 nitrogen and oxygen atoms in total. The van der Waals surface area contributed by atoms with Crippen LogP contribution >= 0.6 is 34.2 Å². The molecule has 0 aliphatic heterocycles. The molecule has 1 heterocycles. The highest BCUT2D eigenvalue weighted by atomic mass is 127. The van der Waals surface area contributed by atoms with Crippen LogP contribution in [0.4, 0.5) is 0 Å². The number of aromatic nitrogens is 1. The smallest absolute Gasteiger partial charge is 0.226 e. The van der Waals surface area contributed by atoms with Crippen LogP contribution in [0.25, 0.3) is 11.5 Å². The number of hydrogen-bond donors (Lipinski definition) is 1. The molecule has 0 radical (unpaired) electrons. The molecule has 2 aromatic rings. The molecule has 1 N–H and O–H groups in total. The van der Waals surface area contributed by atoms with Crippen LogP contribution in [-0.4, -0.2) is 11.5 Å². The molecule has 1 aromatic heterocycles. The lowest BCUT2D eigenvalue weighted by Crippen LogP contribution is -2.13. The number of nitrogens with one attached hydrogen (secondary N) is 1. The summed E-state index contributed by atoms with van der Waals surface area (Å²) in [6.45, 7) is 3.85. The van der Waals surface area contributed by atoms with Gasteiger partial charge >= 0.3 is 0 Å². The molecule has 0 aliphatic carbocycles. The van der Waals surface area contributed by atoms with Crippen molar-refractivity contribution in [3.8, 4) is 11.5 Å². The lowest BCUT2D eigenvalue weighted by atomic mass is 10.2. The fourth-order valence-corrected chi connectivity index (χ4v) is 2.06. The van der Waals surface area contributed by atoms with Crippen LogP contribution in [0.3, 0.4) is 0 Å². The van der Waals surface area contributed by atoms with Gasteiger partial charge in [0.1, 0.15) is 6.26 Å². The standard InChI is InChI=1S/C13H14ClIN2O/c1-2-5-16-7-10-8-18-13(17-10)9-3-4-12(15)11(14)6-9/h3-4,6,8,16H,2,5,7H2,1H3. The monoisotopic (exact) mass is 376 g/mol. The summed E-state index contributed by atoms with van der Waals surface area (Å²) in [4.78, 5) is 4.43. The second-order valence-electron chi connectivity index (χ2n) is 3.95. The predicted octanol–water partition coefficient (Wildman–Crippen LogP) is 4.10. The van der Waals surface area contributed by atoms with E-state index >= 15 is 0 Å². The van der Waals surface area contributed by atoms with Gasteiger partial charge in [-0.3, -0.25) is 0 Å². The van der Waals surface area contributed by atoms with E-state index in [-0.39, 0.29) is 0 Å². The molecule has 96 valence electrons. The molecule has 0 bridgehead atoms. The number of nitrogens with zero attached hydrogens (tertiary/aromatic N) is 1. The van der Waals surface area contributed by atoms with Crippen molar-refractivity contribution in [3.63, 3.8) is 0 Å². The number of benzene rings is 1. The highest BCUT2D eigenvalue weighted by Gasteiger charge is 2.08. The maximum absolute atomic E-state index is 6.08. The molecule has 0 saturated carbocycles. The summed E-state index contributed by atoms with van der Waals surface area (Å²) >= 11 is 8.28. The molecule has 2 rings (SSSR count). The minimum absolute atomic E-state index is 0.613. The van der Waals surface area contributed by atoms with E-state index in [0.717, 1.165) is 39.4 Å². The zero-order chi connectivity index (χ0) is 13.0. The fourth-order valence-electron chi connectivity index (χ4n) is 1.54. The highest BCUT2D eigenvalue weighted by molar-refractivity contribution is 14.1. The Hall–Kier alpha value is -0.590. The number of halogens is 2. The quantitative estimate of drug-likeness (QED) is 0.631. The summed E-state index contributed by atoms with van der Waals surface area (Å²) in [6.07, 6.45) is 2.79. The van der Waals surface area contributed by atoms with E-state index in [1.807, 2.05) is 18.2 Å². The first-order valence-electron chi connectivity index (χ1n) is 5.81. The Kier molecular flexibility index (Phi) is 5.03. The van der Waals surface area contributed by atoms with Crippen LogP contribution in [-0.2, 0) is 6.54 Å². The van der Waals surface area contributed by atoms with Crippen LogP contribution in [0.2, 0.25) is 5.02 Å². The summed E-state index contributed by atoms with van der Waals surface area (Å²) in [6, 6.07) is 5.79. The first kappa shape index (κ1) is 13.8. The van der Waals surface area contributed by atoms with Crippen molar-refractivity contribution in [2.24, 2.45) is 0 Å². The van der Waals surface area contributed by atoms with Crippen LogP contribution in [0.5, 0.6) is 0 Å². The Morgan fingerprint density at radius 3 is 3.00 bits per heavy atom. The van der Waals surface area contributed by atoms with Crippen LogP contribution < -0.4 is 5.32 Å². The minimum Gasteiger partial charge on any atom is -0.444 e. The van der Waals surface area contributed by atoms with Crippen molar-refractivity contribution < 1.29 is 4.42 Å². The van der Waals surface area contributed by atoms with Crippen molar-refractivity contribution in [1.29, 1.82) is 0 Å². The Balaban J connectivity index is 2.11. The van der Waals surface area contributed by atoms with Gasteiger partial charge in [0, 0.05) is 15.7 Å². The van der Waals surface area contributed by atoms with Gasteiger partial charge in [-0.05, 0) is 53.8 Å². The van der Waals surface area contributed by atoms with E-state index < -0.39 is 0 Å². The van der Waals surface area contributed by atoms with E-state index in [1.165, 1.54) is 0 Å². The molecular formula is C13H14ClIN2O. The van der Waals surface area contributed by atoms with Crippen molar-refractivity contribution >= 4 is 34.2 Å². The van der Waals surface area contributed by atoms with Gasteiger partial charge in [-0.25, -0.2) is 4.98 Å². The third-order valence-electron chi connectivity index (χ3n) is 2.45. The lowest BCUT2D eigenvalue weighted by Gasteiger charge is -1.99.